The number of esters is 1. The second kappa shape index (κ2) is 8.96. The molecule has 0 fully saturated rings. The highest BCUT2D eigenvalue weighted by Crippen LogP contribution is 2.17. The molecule has 0 saturated carbocycles. The van der Waals surface area contributed by atoms with Crippen LogP contribution in [0.2, 0.25) is 5.02 Å². The molecule has 1 atom stereocenters. The van der Waals surface area contributed by atoms with Crippen molar-refractivity contribution in [3.05, 3.63) is 46.7 Å². The normalized spacial score (nSPS) is 12.1. The smallest absolute Gasteiger partial charge is 0.323 e. The number of nitrogens with two attached hydrogens (primary N) is 1. The lowest BCUT2D eigenvalue weighted by Gasteiger charge is -2.11. The number of imidazole rings is 1. The number of H-pyrrole nitrogens is 1. The first-order valence-corrected chi connectivity index (χ1v) is 8.78. The summed E-state index contributed by atoms with van der Waals surface area (Å²) in [6, 6.07) is 6.50. The summed E-state index contributed by atoms with van der Waals surface area (Å²) >= 11 is 7.67. The molecule has 2 rings (SSSR count). The number of hydrogen-bond donors (Lipinski definition) is 2. The number of nitrogens with zero attached hydrogens (tertiary/aromatic N) is 1. The van der Waals surface area contributed by atoms with E-state index in [9.17, 15) is 4.79 Å². The van der Waals surface area contributed by atoms with Crippen LogP contribution in [0.15, 0.2) is 35.6 Å². The molecule has 0 aliphatic rings. The zero-order valence-electron chi connectivity index (χ0n) is 12.9. The number of rotatable bonds is 8. The second-order valence-electron chi connectivity index (χ2n) is 5.07. The van der Waals surface area contributed by atoms with Crippen LogP contribution < -0.4 is 5.73 Å². The minimum absolute atomic E-state index is 0.118. The van der Waals surface area contributed by atoms with Gasteiger partial charge in [0.15, 0.2) is 5.16 Å². The van der Waals surface area contributed by atoms with Gasteiger partial charge in [0, 0.05) is 34.7 Å². The van der Waals surface area contributed by atoms with Gasteiger partial charge in [-0.3, -0.25) is 4.79 Å². The molecule has 2 aromatic rings. The molecular weight excluding hydrogens is 334 g/mol. The molecule has 0 unspecified atom stereocenters. The van der Waals surface area contributed by atoms with Gasteiger partial charge in [-0.2, -0.15) is 0 Å². The Morgan fingerprint density at radius 3 is 3.00 bits per heavy atom. The van der Waals surface area contributed by atoms with E-state index >= 15 is 0 Å². The van der Waals surface area contributed by atoms with E-state index in [-0.39, 0.29) is 6.61 Å². The largest absolute Gasteiger partial charge is 0.460 e. The number of halogens is 1. The summed E-state index contributed by atoms with van der Waals surface area (Å²) in [5.41, 5.74) is 7.48. The number of aromatic amines is 1. The number of hydrogen-bond acceptors (Lipinski definition) is 5. The molecule has 0 amide bonds. The summed E-state index contributed by atoms with van der Waals surface area (Å²) in [7, 11) is 0. The van der Waals surface area contributed by atoms with E-state index in [1.807, 2.05) is 18.2 Å². The Balaban J connectivity index is 1.83. The lowest BCUT2D eigenvalue weighted by atomic mass is 10.2. The molecule has 23 heavy (non-hydrogen) atoms. The molecule has 0 aliphatic carbocycles. The van der Waals surface area contributed by atoms with E-state index in [1.54, 1.807) is 24.0 Å². The fourth-order valence-corrected chi connectivity index (χ4v) is 2.82. The van der Waals surface area contributed by atoms with Gasteiger partial charge in [0.2, 0.25) is 0 Å². The maximum atomic E-state index is 12.0. The van der Waals surface area contributed by atoms with Crippen molar-refractivity contribution in [2.24, 2.45) is 5.73 Å². The summed E-state index contributed by atoms with van der Waals surface area (Å²) in [5, 5.41) is 1.42. The highest BCUT2D eigenvalue weighted by molar-refractivity contribution is 7.99. The van der Waals surface area contributed by atoms with Crippen molar-refractivity contribution < 1.29 is 9.53 Å². The Kier molecular flexibility index (Phi) is 6.95. The monoisotopic (exact) mass is 353 g/mol. The van der Waals surface area contributed by atoms with E-state index in [0.29, 0.717) is 11.4 Å². The zero-order valence-corrected chi connectivity index (χ0v) is 14.5. The Morgan fingerprint density at radius 1 is 1.48 bits per heavy atom. The van der Waals surface area contributed by atoms with Crippen LogP contribution in [-0.4, -0.2) is 27.7 Å². The standard InChI is InChI=1S/C16H20ClN3O2S/c1-2-7-23-16-19-9-12(20-16)8-14(18)15(21)22-10-11-5-3-4-6-13(11)17/h3-6,9,14H,2,7-8,10,18H2,1H3,(H,19,20)/t14-/m0/s1. The first kappa shape index (κ1) is 17.8. The molecule has 0 bridgehead atoms. The fraction of sp³-hybridized carbons (Fsp3) is 0.375. The van der Waals surface area contributed by atoms with Crippen molar-refractivity contribution in [3.63, 3.8) is 0 Å². The maximum Gasteiger partial charge on any atom is 0.323 e. The van der Waals surface area contributed by atoms with Gasteiger partial charge in [0.1, 0.15) is 12.6 Å². The summed E-state index contributed by atoms with van der Waals surface area (Å²) in [5.74, 6) is 0.543. The van der Waals surface area contributed by atoms with Crippen molar-refractivity contribution in [1.29, 1.82) is 0 Å². The number of carbonyl (C=O) groups is 1. The third-order valence-corrected chi connectivity index (χ3v) is 4.58. The van der Waals surface area contributed by atoms with Gasteiger partial charge in [-0.1, -0.05) is 48.5 Å². The average molecular weight is 354 g/mol. The van der Waals surface area contributed by atoms with Gasteiger partial charge in [-0.05, 0) is 12.5 Å². The first-order chi connectivity index (χ1) is 11.1. The number of aromatic nitrogens is 2. The molecule has 7 heteroatoms. The van der Waals surface area contributed by atoms with Crippen molar-refractivity contribution in [1.82, 2.24) is 9.97 Å². The number of nitrogens with one attached hydrogen (secondary N) is 1. The summed E-state index contributed by atoms with van der Waals surface area (Å²) in [4.78, 5) is 19.4. The first-order valence-electron chi connectivity index (χ1n) is 7.42. The lowest BCUT2D eigenvalue weighted by molar-refractivity contribution is -0.146. The summed E-state index contributed by atoms with van der Waals surface area (Å²) < 4.78 is 5.23. The Bertz CT molecular complexity index is 648. The molecule has 0 spiro atoms. The number of ether oxygens (including phenoxy) is 1. The van der Waals surface area contributed by atoms with Gasteiger partial charge < -0.3 is 15.5 Å². The van der Waals surface area contributed by atoms with Crippen molar-refractivity contribution >= 4 is 29.3 Å². The highest BCUT2D eigenvalue weighted by atomic mass is 35.5. The number of benzene rings is 1. The van der Waals surface area contributed by atoms with Gasteiger partial charge in [-0.15, -0.1) is 0 Å². The highest BCUT2D eigenvalue weighted by Gasteiger charge is 2.17. The van der Waals surface area contributed by atoms with Crippen LogP contribution in [0.1, 0.15) is 24.6 Å². The SMILES string of the molecule is CCCSc1ncc(C[C@H](N)C(=O)OCc2ccccc2Cl)[nH]1. The fourth-order valence-electron chi connectivity index (χ4n) is 1.91. The van der Waals surface area contributed by atoms with Gasteiger partial charge in [0.25, 0.3) is 0 Å². The van der Waals surface area contributed by atoms with Crippen LogP contribution in [-0.2, 0) is 22.6 Å². The molecule has 0 radical (unpaired) electrons. The van der Waals surface area contributed by atoms with Crippen LogP contribution >= 0.6 is 23.4 Å². The minimum Gasteiger partial charge on any atom is -0.460 e. The minimum atomic E-state index is -0.734. The van der Waals surface area contributed by atoms with E-state index < -0.39 is 12.0 Å². The van der Waals surface area contributed by atoms with Crippen molar-refractivity contribution in [2.45, 2.75) is 37.6 Å². The van der Waals surface area contributed by atoms with Crippen molar-refractivity contribution in [2.75, 3.05) is 5.75 Å². The van der Waals surface area contributed by atoms with E-state index in [4.69, 9.17) is 22.1 Å². The molecule has 5 nitrogen and oxygen atoms in total. The van der Waals surface area contributed by atoms with Gasteiger partial charge in [-0.25, -0.2) is 4.98 Å². The Morgan fingerprint density at radius 2 is 2.26 bits per heavy atom. The molecular formula is C16H20ClN3O2S. The summed E-state index contributed by atoms with van der Waals surface area (Å²) in [6.07, 6.45) is 3.15. The third-order valence-electron chi connectivity index (χ3n) is 3.12. The second-order valence-corrected chi connectivity index (χ2v) is 6.56. The van der Waals surface area contributed by atoms with Crippen molar-refractivity contribution in [3.8, 4) is 0 Å². The van der Waals surface area contributed by atoms with Crippen LogP contribution in [0.5, 0.6) is 0 Å². The van der Waals surface area contributed by atoms with Crippen LogP contribution in [0.4, 0.5) is 0 Å². The molecule has 124 valence electrons. The molecule has 0 aliphatic heterocycles. The van der Waals surface area contributed by atoms with Gasteiger partial charge in [0.05, 0.1) is 0 Å². The molecule has 1 heterocycles. The van der Waals surface area contributed by atoms with Crippen LogP contribution in [0.25, 0.3) is 0 Å². The number of carbonyl (C=O) groups excluding carboxylic acids is 1. The zero-order chi connectivity index (χ0) is 16.7. The molecule has 3 N–H and O–H groups in total. The summed E-state index contributed by atoms with van der Waals surface area (Å²) in [6.45, 7) is 2.23. The predicted octanol–water partition coefficient (Wildman–Crippen LogP) is 3.18. The van der Waals surface area contributed by atoms with E-state index in [0.717, 1.165) is 28.6 Å². The number of thioether (sulfide) groups is 1. The van der Waals surface area contributed by atoms with Crippen LogP contribution in [0.3, 0.4) is 0 Å². The van der Waals surface area contributed by atoms with E-state index in [1.165, 1.54) is 0 Å². The van der Waals surface area contributed by atoms with E-state index in [2.05, 4.69) is 16.9 Å². The molecule has 1 aromatic heterocycles. The molecule has 0 saturated heterocycles. The quantitative estimate of drug-likeness (QED) is 0.562. The maximum absolute atomic E-state index is 12.0. The molecule has 1 aromatic carbocycles. The Labute approximate surface area is 145 Å². The van der Waals surface area contributed by atoms with Gasteiger partial charge >= 0.3 is 5.97 Å². The average Bonchev–Trinajstić information content (AvgIpc) is 2.99. The topological polar surface area (TPSA) is 81.0 Å². The predicted molar refractivity (Wildman–Crippen MR) is 92.5 cm³/mol. The lowest BCUT2D eigenvalue weighted by Crippen LogP contribution is -2.34. The Hall–Kier alpha value is -1.50. The third kappa shape index (κ3) is 5.57. The van der Waals surface area contributed by atoms with Crippen LogP contribution in [0, 0.1) is 0 Å².